The van der Waals surface area contributed by atoms with Gasteiger partial charge in [-0.05, 0) is 50.9 Å². The highest BCUT2D eigenvalue weighted by Crippen LogP contribution is 2.22. The van der Waals surface area contributed by atoms with Crippen LogP contribution in [0.4, 0.5) is 5.69 Å². The van der Waals surface area contributed by atoms with Crippen molar-refractivity contribution in [3.63, 3.8) is 0 Å². The number of carbonyl (C=O) groups excluding carboxylic acids is 2. The number of fused-ring (bicyclic) bond motifs is 1. The molecular weight excluding hydrogens is 464 g/mol. The van der Waals surface area contributed by atoms with E-state index in [4.69, 9.17) is 9.26 Å². The van der Waals surface area contributed by atoms with Crippen molar-refractivity contribution in [2.45, 2.75) is 33.7 Å². The fourth-order valence-electron chi connectivity index (χ4n) is 4.35. The van der Waals surface area contributed by atoms with Crippen molar-refractivity contribution in [2.24, 2.45) is 0 Å². The molecule has 0 atom stereocenters. The Morgan fingerprint density at radius 3 is 2.69 bits per heavy atom. The summed E-state index contributed by atoms with van der Waals surface area (Å²) in [6.07, 6.45) is 2.01. The second-order valence-corrected chi connectivity index (χ2v) is 8.93. The van der Waals surface area contributed by atoms with Crippen LogP contribution in [-0.4, -0.2) is 77.4 Å². The Morgan fingerprint density at radius 1 is 1.17 bits per heavy atom. The first-order valence-electron chi connectivity index (χ1n) is 12.2. The summed E-state index contributed by atoms with van der Waals surface area (Å²) >= 11 is 0. The summed E-state index contributed by atoms with van der Waals surface area (Å²) in [5.41, 5.74) is 2.99. The Hall–Kier alpha value is -3.73. The largest absolute Gasteiger partial charge is 0.461 e. The van der Waals surface area contributed by atoms with Gasteiger partial charge >= 0.3 is 5.97 Å². The maximum absolute atomic E-state index is 12.8. The van der Waals surface area contributed by atoms with Gasteiger partial charge in [-0.3, -0.25) is 19.1 Å². The SMILES string of the molecule is CCOC(=O)c1noc2ncn(CC(=O)NCCCN3CCN(c4cc(C)ccc4C)CC3)c(=O)c12. The second kappa shape index (κ2) is 11.3. The molecule has 0 unspecified atom stereocenters. The number of aromatic nitrogens is 3. The highest BCUT2D eigenvalue weighted by Gasteiger charge is 2.23. The highest BCUT2D eigenvalue weighted by atomic mass is 16.5. The summed E-state index contributed by atoms with van der Waals surface area (Å²) in [6.45, 7) is 11.1. The molecule has 4 rings (SSSR count). The quantitative estimate of drug-likeness (QED) is 0.347. The van der Waals surface area contributed by atoms with E-state index in [1.54, 1.807) is 6.92 Å². The first-order chi connectivity index (χ1) is 17.4. The van der Waals surface area contributed by atoms with Crippen molar-refractivity contribution in [2.75, 3.05) is 50.8 Å². The number of carbonyl (C=O) groups is 2. The van der Waals surface area contributed by atoms with Crippen molar-refractivity contribution in [3.05, 3.63) is 51.7 Å². The molecular formula is C25H32N6O5. The number of piperazine rings is 1. The van der Waals surface area contributed by atoms with Crippen LogP contribution in [0.3, 0.4) is 0 Å². The molecule has 1 aliphatic rings. The lowest BCUT2D eigenvalue weighted by Crippen LogP contribution is -2.47. The molecule has 1 aliphatic heterocycles. The number of hydrogen-bond acceptors (Lipinski definition) is 9. The zero-order chi connectivity index (χ0) is 25.7. The van der Waals surface area contributed by atoms with E-state index in [0.717, 1.165) is 43.7 Å². The van der Waals surface area contributed by atoms with Gasteiger partial charge in [-0.25, -0.2) is 9.78 Å². The van der Waals surface area contributed by atoms with Crippen LogP contribution in [0.15, 0.2) is 33.8 Å². The average Bonchev–Trinajstić information content (AvgIpc) is 3.31. The third-order valence-electron chi connectivity index (χ3n) is 6.30. The zero-order valence-electron chi connectivity index (χ0n) is 21.0. The predicted octanol–water partition coefficient (Wildman–Crippen LogP) is 1.51. The number of benzene rings is 1. The molecule has 192 valence electrons. The van der Waals surface area contributed by atoms with Crippen LogP contribution in [0.2, 0.25) is 0 Å². The molecule has 3 aromatic rings. The Morgan fingerprint density at radius 2 is 1.94 bits per heavy atom. The fourth-order valence-corrected chi connectivity index (χ4v) is 4.35. The topological polar surface area (TPSA) is 123 Å². The Bertz CT molecular complexity index is 1290. The van der Waals surface area contributed by atoms with Crippen molar-refractivity contribution in [1.82, 2.24) is 24.9 Å². The Balaban J connectivity index is 1.23. The average molecular weight is 497 g/mol. The van der Waals surface area contributed by atoms with E-state index in [0.29, 0.717) is 6.54 Å². The summed E-state index contributed by atoms with van der Waals surface area (Å²) in [7, 11) is 0. The van der Waals surface area contributed by atoms with Gasteiger partial charge in [0.2, 0.25) is 11.6 Å². The van der Waals surface area contributed by atoms with Gasteiger partial charge in [0.1, 0.15) is 18.3 Å². The van der Waals surface area contributed by atoms with E-state index in [2.05, 4.69) is 57.3 Å². The third kappa shape index (κ3) is 5.73. The molecule has 1 amide bonds. The van der Waals surface area contributed by atoms with Gasteiger partial charge in [-0.2, -0.15) is 0 Å². The normalized spacial score (nSPS) is 14.2. The summed E-state index contributed by atoms with van der Waals surface area (Å²) in [6, 6.07) is 6.57. The molecule has 3 heterocycles. The molecule has 1 saturated heterocycles. The predicted molar refractivity (Wildman–Crippen MR) is 134 cm³/mol. The number of anilines is 1. The molecule has 1 N–H and O–H groups in total. The van der Waals surface area contributed by atoms with Gasteiger partial charge in [0, 0.05) is 38.4 Å². The van der Waals surface area contributed by atoms with Gasteiger partial charge < -0.3 is 19.5 Å². The monoisotopic (exact) mass is 496 g/mol. The van der Waals surface area contributed by atoms with Crippen LogP contribution in [-0.2, 0) is 16.1 Å². The number of hydrogen-bond donors (Lipinski definition) is 1. The maximum atomic E-state index is 12.8. The smallest absolute Gasteiger partial charge is 0.361 e. The van der Waals surface area contributed by atoms with Crippen molar-refractivity contribution in [1.29, 1.82) is 0 Å². The molecule has 1 aromatic carbocycles. The number of nitrogens with one attached hydrogen (secondary N) is 1. The lowest BCUT2D eigenvalue weighted by atomic mass is 10.1. The lowest BCUT2D eigenvalue weighted by Gasteiger charge is -2.37. The van der Waals surface area contributed by atoms with Crippen LogP contribution in [0.5, 0.6) is 0 Å². The molecule has 11 heteroatoms. The number of nitrogens with zero attached hydrogens (tertiary/aromatic N) is 5. The minimum atomic E-state index is -0.771. The molecule has 1 fully saturated rings. The summed E-state index contributed by atoms with van der Waals surface area (Å²) < 4.78 is 11.0. The highest BCUT2D eigenvalue weighted by molar-refractivity contribution is 5.99. The van der Waals surface area contributed by atoms with Crippen molar-refractivity contribution < 1.29 is 18.8 Å². The first kappa shape index (κ1) is 25.4. The number of aryl methyl sites for hydroxylation is 2. The molecule has 11 nitrogen and oxygen atoms in total. The van der Waals surface area contributed by atoms with Crippen LogP contribution in [0.1, 0.15) is 35.0 Å². The molecule has 0 aliphatic carbocycles. The molecule has 2 aromatic heterocycles. The van der Waals surface area contributed by atoms with E-state index in [-0.39, 0.29) is 35.9 Å². The van der Waals surface area contributed by atoms with Gasteiger partial charge in [-0.15, -0.1) is 0 Å². The molecule has 0 bridgehead atoms. The minimum absolute atomic E-state index is 0.0719. The van der Waals surface area contributed by atoms with Crippen LogP contribution in [0.25, 0.3) is 11.1 Å². The number of esters is 1. The third-order valence-corrected chi connectivity index (χ3v) is 6.30. The number of ether oxygens (including phenoxy) is 1. The van der Waals surface area contributed by atoms with Crippen LogP contribution in [0, 0.1) is 13.8 Å². The Kier molecular flexibility index (Phi) is 7.99. The molecule has 0 spiro atoms. The summed E-state index contributed by atoms with van der Waals surface area (Å²) in [4.78, 5) is 46.1. The standard InChI is InChI=1S/C25H32N6O5/c1-4-35-25(34)22-21-23(36-28-22)27-16-31(24(21)33)15-20(32)26-8-5-9-29-10-12-30(13-11-29)19-14-17(2)6-7-18(19)3/h6-7,14,16H,4-5,8-13,15H2,1-3H3,(H,26,32). The number of rotatable bonds is 9. The first-order valence-corrected chi connectivity index (χ1v) is 12.2. The van der Waals surface area contributed by atoms with Gasteiger partial charge in [-0.1, -0.05) is 17.3 Å². The molecule has 36 heavy (non-hydrogen) atoms. The van der Waals surface area contributed by atoms with E-state index in [1.165, 1.54) is 23.1 Å². The zero-order valence-corrected chi connectivity index (χ0v) is 21.0. The van der Waals surface area contributed by atoms with Crippen molar-refractivity contribution >= 4 is 28.7 Å². The fraction of sp³-hybridized carbons (Fsp3) is 0.480. The van der Waals surface area contributed by atoms with E-state index in [9.17, 15) is 14.4 Å². The van der Waals surface area contributed by atoms with E-state index >= 15 is 0 Å². The minimum Gasteiger partial charge on any atom is -0.461 e. The second-order valence-electron chi connectivity index (χ2n) is 8.93. The summed E-state index contributed by atoms with van der Waals surface area (Å²) in [5, 5.41) is 6.35. The number of amides is 1. The summed E-state index contributed by atoms with van der Waals surface area (Å²) in [5.74, 6) is -1.08. The van der Waals surface area contributed by atoms with Gasteiger partial charge in [0.25, 0.3) is 11.3 Å². The van der Waals surface area contributed by atoms with Crippen molar-refractivity contribution in [3.8, 4) is 0 Å². The van der Waals surface area contributed by atoms with Gasteiger partial charge in [0.05, 0.1) is 6.61 Å². The molecule has 0 saturated carbocycles. The van der Waals surface area contributed by atoms with Crippen LogP contribution < -0.4 is 15.8 Å². The van der Waals surface area contributed by atoms with E-state index in [1.807, 2.05) is 0 Å². The lowest BCUT2D eigenvalue weighted by molar-refractivity contribution is -0.121. The maximum Gasteiger partial charge on any atom is 0.361 e. The Labute approximate surface area is 209 Å². The van der Waals surface area contributed by atoms with E-state index < -0.39 is 11.5 Å². The van der Waals surface area contributed by atoms with Crippen LogP contribution >= 0.6 is 0 Å². The molecule has 0 radical (unpaired) electrons. The van der Waals surface area contributed by atoms with Gasteiger partial charge in [0.15, 0.2) is 0 Å².